The van der Waals surface area contributed by atoms with Gasteiger partial charge in [-0.3, -0.25) is 9.36 Å². The number of amides is 1. The molecule has 1 atom stereocenters. The van der Waals surface area contributed by atoms with Crippen LogP contribution in [0.1, 0.15) is 31.3 Å². The molecule has 1 heterocycles. The molecule has 0 aliphatic carbocycles. The van der Waals surface area contributed by atoms with Crippen molar-refractivity contribution in [3.8, 4) is 11.5 Å². The second-order valence-corrected chi connectivity index (χ2v) is 8.56. The third-order valence-corrected chi connectivity index (χ3v) is 6.04. The topological polar surface area (TPSA) is 78.3 Å². The van der Waals surface area contributed by atoms with Gasteiger partial charge in [-0.05, 0) is 68.8 Å². The Bertz CT molecular complexity index is 1100. The molecule has 0 aliphatic heterocycles. The molecule has 0 saturated carbocycles. The number of hydrogen-bond acceptors (Lipinski definition) is 6. The number of anilines is 1. The molecule has 1 unspecified atom stereocenters. The van der Waals surface area contributed by atoms with Crippen LogP contribution in [0.25, 0.3) is 0 Å². The van der Waals surface area contributed by atoms with Crippen molar-refractivity contribution < 1.29 is 14.3 Å². The summed E-state index contributed by atoms with van der Waals surface area (Å²) in [5, 5.41) is 12.8. The van der Waals surface area contributed by atoms with Gasteiger partial charge < -0.3 is 14.8 Å². The Hall–Kier alpha value is -2.97. The largest absolute Gasteiger partial charge is 0.494 e. The molecule has 9 heteroatoms. The Balaban J connectivity index is 1.63. The number of halogens is 1. The van der Waals surface area contributed by atoms with E-state index in [1.54, 1.807) is 12.1 Å². The van der Waals surface area contributed by atoms with Crippen molar-refractivity contribution in [1.82, 2.24) is 14.8 Å². The van der Waals surface area contributed by atoms with Gasteiger partial charge in [0.1, 0.15) is 11.5 Å². The molecular weight excluding hydrogens is 460 g/mol. The summed E-state index contributed by atoms with van der Waals surface area (Å²) in [6, 6.07) is 12.8. The third-order valence-electron chi connectivity index (χ3n) is 4.64. The van der Waals surface area contributed by atoms with Crippen molar-refractivity contribution >= 4 is 35.0 Å². The van der Waals surface area contributed by atoms with E-state index in [0.29, 0.717) is 40.6 Å². The summed E-state index contributed by atoms with van der Waals surface area (Å²) in [6.07, 6.45) is 1.40. The van der Waals surface area contributed by atoms with Crippen LogP contribution in [0.4, 0.5) is 5.69 Å². The second kappa shape index (κ2) is 11.8. The Morgan fingerprint density at radius 3 is 2.64 bits per heavy atom. The summed E-state index contributed by atoms with van der Waals surface area (Å²) in [5.74, 6) is 2.16. The molecule has 1 N–H and O–H groups in total. The van der Waals surface area contributed by atoms with E-state index in [0.717, 1.165) is 11.3 Å². The average molecular weight is 487 g/mol. The van der Waals surface area contributed by atoms with E-state index >= 15 is 0 Å². The lowest BCUT2D eigenvalue weighted by Crippen LogP contribution is -2.15. The smallest absolute Gasteiger partial charge is 0.234 e. The Labute approximate surface area is 203 Å². The molecule has 0 radical (unpaired) electrons. The summed E-state index contributed by atoms with van der Waals surface area (Å²) >= 11 is 7.41. The lowest BCUT2D eigenvalue weighted by molar-refractivity contribution is -0.113. The van der Waals surface area contributed by atoms with Crippen molar-refractivity contribution in [1.29, 1.82) is 0 Å². The zero-order valence-electron chi connectivity index (χ0n) is 18.9. The highest BCUT2D eigenvalue weighted by atomic mass is 35.5. The summed E-state index contributed by atoms with van der Waals surface area (Å²) in [7, 11) is 0. The van der Waals surface area contributed by atoms with Gasteiger partial charge in [0, 0.05) is 17.3 Å². The van der Waals surface area contributed by atoms with Crippen molar-refractivity contribution in [2.24, 2.45) is 0 Å². The van der Waals surface area contributed by atoms with Crippen LogP contribution in [0.15, 0.2) is 60.3 Å². The molecule has 1 aromatic heterocycles. The van der Waals surface area contributed by atoms with Gasteiger partial charge in [-0.2, -0.15) is 0 Å². The molecule has 0 bridgehead atoms. The minimum atomic E-state index is -0.356. The number of aromatic nitrogens is 3. The summed E-state index contributed by atoms with van der Waals surface area (Å²) in [4.78, 5) is 12.4. The fourth-order valence-electron chi connectivity index (χ4n) is 3.08. The number of aryl methyl sites for hydroxylation is 1. The predicted molar refractivity (Wildman–Crippen MR) is 132 cm³/mol. The number of carbonyl (C=O) groups excluding carboxylic acids is 1. The molecule has 0 aliphatic rings. The molecule has 7 nitrogen and oxygen atoms in total. The van der Waals surface area contributed by atoms with Crippen LogP contribution in [0.3, 0.4) is 0 Å². The number of nitrogens with one attached hydrogen (secondary N) is 1. The van der Waals surface area contributed by atoms with Crippen LogP contribution >= 0.6 is 23.4 Å². The first kappa shape index (κ1) is 24.7. The molecule has 1 amide bonds. The van der Waals surface area contributed by atoms with Crippen LogP contribution in [-0.2, 0) is 11.3 Å². The maximum Gasteiger partial charge on any atom is 0.234 e. The van der Waals surface area contributed by atoms with E-state index in [1.807, 2.05) is 61.7 Å². The van der Waals surface area contributed by atoms with Gasteiger partial charge in [0.2, 0.25) is 5.91 Å². The summed E-state index contributed by atoms with van der Waals surface area (Å²) in [5.41, 5.74) is 1.64. The number of thioether (sulfide) groups is 1. The second-order valence-electron chi connectivity index (χ2n) is 7.21. The quantitative estimate of drug-likeness (QED) is 0.277. The monoisotopic (exact) mass is 486 g/mol. The van der Waals surface area contributed by atoms with Gasteiger partial charge in [0.15, 0.2) is 17.1 Å². The third kappa shape index (κ3) is 6.76. The van der Waals surface area contributed by atoms with Gasteiger partial charge in [-0.1, -0.05) is 29.4 Å². The van der Waals surface area contributed by atoms with Crippen molar-refractivity contribution in [2.75, 3.05) is 17.7 Å². The minimum absolute atomic E-state index is 0.139. The number of allylic oxidation sites excluding steroid dienone is 1. The molecule has 2 aromatic carbocycles. The fourth-order valence-corrected chi connectivity index (χ4v) is 3.96. The van der Waals surface area contributed by atoms with Crippen LogP contribution in [-0.4, -0.2) is 33.0 Å². The highest BCUT2D eigenvalue weighted by molar-refractivity contribution is 7.99. The van der Waals surface area contributed by atoms with Crippen molar-refractivity contribution in [3.05, 3.63) is 71.5 Å². The van der Waals surface area contributed by atoms with E-state index in [2.05, 4.69) is 22.1 Å². The highest BCUT2D eigenvalue weighted by Crippen LogP contribution is 2.27. The zero-order valence-corrected chi connectivity index (χ0v) is 20.4. The number of benzene rings is 2. The average Bonchev–Trinajstić information content (AvgIpc) is 3.19. The van der Waals surface area contributed by atoms with Crippen LogP contribution in [0.2, 0.25) is 5.02 Å². The zero-order chi connectivity index (χ0) is 23.8. The Kier molecular flexibility index (Phi) is 8.79. The molecule has 3 rings (SSSR count). The molecule has 0 spiro atoms. The van der Waals surface area contributed by atoms with E-state index in [-0.39, 0.29) is 17.8 Å². The highest BCUT2D eigenvalue weighted by Gasteiger charge is 2.20. The van der Waals surface area contributed by atoms with Crippen LogP contribution in [0.5, 0.6) is 11.5 Å². The molecule has 0 fully saturated rings. The summed E-state index contributed by atoms with van der Waals surface area (Å²) < 4.78 is 13.4. The fraction of sp³-hybridized carbons (Fsp3) is 0.292. The van der Waals surface area contributed by atoms with Gasteiger partial charge in [0.05, 0.1) is 12.4 Å². The maximum atomic E-state index is 12.4. The van der Waals surface area contributed by atoms with E-state index in [4.69, 9.17) is 21.1 Å². The van der Waals surface area contributed by atoms with Crippen LogP contribution < -0.4 is 14.8 Å². The van der Waals surface area contributed by atoms with Crippen molar-refractivity contribution in [2.45, 2.75) is 38.6 Å². The van der Waals surface area contributed by atoms with Gasteiger partial charge in [0.25, 0.3) is 0 Å². The SMILES string of the molecule is C=CCn1c(SCC(=O)Nc2ccc(OCC)cc2)nnc1C(C)Oc1ccc(Cl)c(C)c1. The van der Waals surface area contributed by atoms with Crippen LogP contribution in [0, 0.1) is 6.92 Å². The molecule has 3 aromatic rings. The number of carbonyl (C=O) groups is 1. The van der Waals surface area contributed by atoms with E-state index < -0.39 is 0 Å². The molecular formula is C24H27ClN4O3S. The number of ether oxygens (including phenoxy) is 2. The first-order valence-electron chi connectivity index (χ1n) is 10.5. The van der Waals surface area contributed by atoms with E-state index in [1.165, 1.54) is 11.8 Å². The Morgan fingerprint density at radius 1 is 1.24 bits per heavy atom. The lowest BCUT2D eigenvalue weighted by atomic mass is 10.2. The molecule has 174 valence electrons. The van der Waals surface area contributed by atoms with Crippen molar-refractivity contribution in [3.63, 3.8) is 0 Å². The Morgan fingerprint density at radius 2 is 1.97 bits per heavy atom. The lowest BCUT2D eigenvalue weighted by Gasteiger charge is -2.16. The van der Waals surface area contributed by atoms with E-state index in [9.17, 15) is 4.79 Å². The van der Waals surface area contributed by atoms with Gasteiger partial charge >= 0.3 is 0 Å². The maximum absolute atomic E-state index is 12.4. The standard InChI is InChI=1S/C24H27ClN4O3S/c1-5-13-29-23(17(4)32-20-11-12-21(25)16(3)14-20)27-28-24(29)33-15-22(30)26-18-7-9-19(10-8-18)31-6-2/h5,7-12,14,17H,1,6,13,15H2,2-4H3,(H,26,30). The first-order valence-corrected chi connectivity index (χ1v) is 11.9. The number of nitrogens with zero attached hydrogens (tertiary/aromatic N) is 3. The van der Waals surface area contributed by atoms with Gasteiger partial charge in [-0.25, -0.2) is 0 Å². The first-order chi connectivity index (χ1) is 15.9. The normalized spacial score (nSPS) is 11.6. The molecule has 33 heavy (non-hydrogen) atoms. The summed E-state index contributed by atoms with van der Waals surface area (Å²) in [6.45, 7) is 10.7. The number of rotatable bonds is 11. The number of hydrogen-bond donors (Lipinski definition) is 1. The van der Waals surface area contributed by atoms with Gasteiger partial charge in [-0.15, -0.1) is 16.8 Å². The minimum Gasteiger partial charge on any atom is -0.494 e. The predicted octanol–water partition coefficient (Wildman–Crippen LogP) is 5.70. The molecule has 0 saturated heterocycles.